The number of nitrogens with one attached hydrogen (secondary N) is 2. The highest BCUT2D eigenvalue weighted by Crippen LogP contribution is 2.23. The van der Waals surface area contributed by atoms with Crippen LogP contribution in [0, 0.1) is 6.92 Å². The molecule has 6 nitrogen and oxygen atoms in total. The summed E-state index contributed by atoms with van der Waals surface area (Å²) in [6.07, 6.45) is 0. The molecule has 0 atom stereocenters. The summed E-state index contributed by atoms with van der Waals surface area (Å²) in [6, 6.07) is 12.4. The van der Waals surface area contributed by atoms with Crippen molar-refractivity contribution < 1.29 is 19.1 Å². The van der Waals surface area contributed by atoms with Crippen molar-refractivity contribution in [1.82, 2.24) is 5.32 Å². The molecule has 2 rings (SSSR count). The van der Waals surface area contributed by atoms with Crippen molar-refractivity contribution in [2.24, 2.45) is 0 Å². The molecule has 0 fully saturated rings. The summed E-state index contributed by atoms with van der Waals surface area (Å²) in [7, 11) is 0. The maximum atomic E-state index is 12.1. The Labute approximate surface area is 176 Å². The van der Waals surface area contributed by atoms with Crippen LogP contribution in [0.15, 0.2) is 42.5 Å². The molecule has 29 heavy (non-hydrogen) atoms. The Kier molecular flexibility index (Phi) is 8.15. The van der Waals surface area contributed by atoms with Gasteiger partial charge in [0.1, 0.15) is 5.75 Å². The van der Waals surface area contributed by atoms with E-state index >= 15 is 0 Å². The lowest BCUT2D eigenvalue weighted by Gasteiger charge is -2.13. The monoisotopic (exact) mass is 414 g/mol. The van der Waals surface area contributed by atoms with Crippen LogP contribution in [0.2, 0.25) is 0 Å². The van der Waals surface area contributed by atoms with Gasteiger partial charge in [0.05, 0.1) is 12.2 Å². The number of amides is 1. The number of carbonyl (C=O) groups excluding carboxylic acids is 2. The zero-order valence-corrected chi connectivity index (χ0v) is 17.9. The van der Waals surface area contributed by atoms with Gasteiger partial charge in [-0.25, -0.2) is 4.79 Å². The van der Waals surface area contributed by atoms with Crippen LogP contribution in [-0.4, -0.2) is 30.2 Å². The van der Waals surface area contributed by atoms with Crippen molar-refractivity contribution in [1.29, 1.82) is 0 Å². The average Bonchev–Trinajstić information content (AvgIpc) is 2.66. The fourth-order valence-electron chi connectivity index (χ4n) is 2.76. The van der Waals surface area contributed by atoms with Crippen molar-refractivity contribution in [3.8, 4) is 5.75 Å². The molecule has 0 saturated carbocycles. The SMILES string of the molecule is CCOC(=O)c1ccc(NC(=S)NC(=O)COc2ccc(C(C)C)c(C)c2)cc1. The number of aryl methyl sites for hydroxylation is 1. The fourth-order valence-corrected chi connectivity index (χ4v) is 3.00. The summed E-state index contributed by atoms with van der Waals surface area (Å²) < 4.78 is 10.5. The lowest BCUT2D eigenvalue weighted by atomic mass is 9.98. The highest BCUT2D eigenvalue weighted by Gasteiger charge is 2.09. The number of hydrogen-bond donors (Lipinski definition) is 2. The first-order valence-corrected chi connectivity index (χ1v) is 9.82. The largest absolute Gasteiger partial charge is 0.484 e. The number of benzene rings is 2. The van der Waals surface area contributed by atoms with Gasteiger partial charge in [0.2, 0.25) is 0 Å². The van der Waals surface area contributed by atoms with Crippen molar-refractivity contribution in [2.45, 2.75) is 33.6 Å². The number of esters is 1. The van der Waals surface area contributed by atoms with E-state index in [-0.39, 0.29) is 23.6 Å². The van der Waals surface area contributed by atoms with Crippen LogP contribution in [0.5, 0.6) is 5.75 Å². The zero-order chi connectivity index (χ0) is 21.4. The third-order valence-corrected chi connectivity index (χ3v) is 4.34. The molecular weight excluding hydrogens is 388 g/mol. The second-order valence-electron chi connectivity index (χ2n) is 6.76. The molecule has 0 spiro atoms. The zero-order valence-electron chi connectivity index (χ0n) is 17.1. The Hall–Kier alpha value is -2.93. The van der Waals surface area contributed by atoms with Gasteiger partial charge in [0.15, 0.2) is 11.7 Å². The average molecular weight is 415 g/mol. The van der Waals surface area contributed by atoms with Gasteiger partial charge >= 0.3 is 5.97 Å². The molecule has 1 amide bonds. The summed E-state index contributed by atoms with van der Waals surface area (Å²) >= 11 is 5.15. The van der Waals surface area contributed by atoms with Crippen LogP contribution < -0.4 is 15.4 Å². The van der Waals surface area contributed by atoms with Gasteiger partial charge in [-0.1, -0.05) is 19.9 Å². The van der Waals surface area contributed by atoms with E-state index in [1.54, 1.807) is 31.2 Å². The van der Waals surface area contributed by atoms with E-state index in [1.807, 2.05) is 25.1 Å². The van der Waals surface area contributed by atoms with Crippen molar-refractivity contribution in [2.75, 3.05) is 18.5 Å². The standard InChI is InChI=1S/C22H26N2O4S/c1-5-27-21(26)16-6-8-17(9-7-16)23-22(29)24-20(25)13-28-18-10-11-19(14(2)3)15(4)12-18/h6-12,14H,5,13H2,1-4H3,(H2,23,24,25,29). The van der Waals surface area contributed by atoms with E-state index in [1.165, 1.54) is 5.56 Å². The van der Waals surface area contributed by atoms with Gasteiger partial charge in [-0.05, 0) is 79.5 Å². The van der Waals surface area contributed by atoms with Crippen molar-refractivity contribution >= 4 is 34.9 Å². The van der Waals surface area contributed by atoms with E-state index in [0.717, 1.165) is 5.56 Å². The van der Waals surface area contributed by atoms with Gasteiger partial charge in [0, 0.05) is 5.69 Å². The minimum atomic E-state index is -0.385. The lowest BCUT2D eigenvalue weighted by Crippen LogP contribution is -2.37. The summed E-state index contributed by atoms with van der Waals surface area (Å²) in [5, 5.41) is 5.60. The van der Waals surface area contributed by atoms with Crippen LogP contribution in [-0.2, 0) is 9.53 Å². The van der Waals surface area contributed by atoms with Gasteiger partial charge < -0.3 is 14.8 Å². The Morgan fingerprint density at radius 3 is 2.38 bits per heavy atom. The smallest absolute Gasteiger partial charge is 0.338 e. The van der Waals surface area contributed by atoms with Crippen LogP contribution in [0.25, 0.3) is 0 Å². The van der Waals surface area contributed by atoms with E-state index in [2.05, 4.69) is 24.5 Å². The molecule has 0 unspecified atom stereocenters. The molecule has 0 radical (unpaired) electrons. The van der Waals surface area contributed by atoms with Crippen LogP contribution >= 0.6 is 12.2 Å². The highest BCUT2D eigenvalue weighted by atomic mass is 32.1. The predicted octanol–water partition coefficient (Wildman–Crippen LogP) is 4.19. The normalized spacial score (nSPS) is 10.4. The number of thiocarbonyl (C=S) groups is 1. The molecule has 0 saturated heterocycles. The fraction of sp³-hybridized carbons (Fsp3) is 0.318. The van der Waals surface area contributed by atoms with Gasteiger partial charge in [0.25, 0.3) is 5.91 Å². The van der Waals surface area contributed by atoms with Gasteiger partial charge in [-0.15, -0.1) is 0 Å². The van der Waals surface area contributed by atoms with Crippen molar-refractivity contribution in [3.05, 3.63) is 59.2 Å². The molecule has 154 valence electrons. The first-order chi connectivity index (χ1) is 13.8. The van der Waals surface area contributed by atoms with E-state index in [0.29, 0.717) is 29.5 Å². The van der Waals surface area contributed by atoms with Crippen LogP contribution in [0.3, 0.4) is 0 Å². The lowest BCUT2D eigenvalue weighted by molar-refractivity contribution is -0.121. The molecule has 7 heteroatoms. The Bertz CT molecular complexity index is 879. The summed E-state index contributed by atoms with van der Waals surface area (Å²) in [5.41, 5.74) is 3.46. The molecule has 0 aliphatic rings. The van der Waals surface area contributed by atoms with Crippen LogP contribution in [0.4, 0.5) is 5.69 Å². The topological polar surface area (TPSA) is 76.7 Å². The second-order valence-corrected chi connectivity index (χ2v) is 7.17. The Morgan fingerprint density at radius 2 is 1.79 bits per heavy atom. The van der Waals surface area contributed by atoms with Gasteiger partial charge in [-0.3, -0.25) is 10.1 Å². The molecule has 2 aromatic carbocycles. The number of carbonyl (C=O) groups is 2. The third-order valence-electron chi connectivity index (χ3n) is 4.14. The minimum Gasteiger partial charge on any atom is -0.484 e. The van der Waals surface area contributed by atoms with E-state index in [9.17, 15) is 9.59 Å². The molecular formula is C22H26N2O4S. The number of ether oxygens (including phenoxy) is 2. The molecule has 0 heterocycles. The minimum absolute atomic E-state index is 0.147. The van der Waals surface area contributed by atoms with E-state index < -0.39 is 0 Å². The molecule has 0 aromatic heterocycles. The quantitative estimate of drug-likeness (QED) is 0.523. The second kappa shape index (κ2) is 10.6. The first kappa shape index (κ1) is 22.4. The summed E-state index contributed by atoms with van der Waals surface area (Å²) in [5.74, 6) is 0.317. The predicted molar refractivity (Wildman–Crippen MR) is 118 cm³/mol. The first-order valence-electron chi connectivity index (χ1n) is 9.41. The molecule has 2 aromatic rings. The maximum Gasteiger partial charge on any atom is 0.338 e. The number of rotatable bonds is 7. The third kappa shape index (κ3) is 6.87. The molecule has 0 aliphatic carbocycles. The number of anilines is 1. The van der Waals surface area contributed by atoms with Crippen molar-refractivity contribution in [3.63, 3.8) is 0 Å². The highest BCUT2D eigenvalue weighted by molar-refractivity contribution is 7.80. The summed E-state index contributed by atoms with van der Waals surface area (Å²) in [4.78, 5) is 23.7. The van der Waals surface area contributed by atoms with Crippen LogP contribution in [0.1, 0.15) is 48.2 Å². The summed E-state index contributed by atoms with van der Waals surface area (Å²) in [6.45, 7) is 8.21. The number of hydrogen-bond acceptors (Lipinski definition) is 5. The maximum absolute atomic E-state index is 12.1. The Balaban J connectivity index is 1.82. The molecule has 0 aliphatic heterocycles. The molecule has 0 bridgehead atoms. The Morgan fingerprint density at radius 1 is 1.10 bits per heavy atom. The van der Waals surface area contributed by atoms with Gasteiger partial charge in [-0.2, -0.15) is 0 Å². The van der Waals surface area contributed by atoms with E-state index in [4.69, 9.17) is 21.7 Å². The molecule has 2 N–H and O–H groups in total.